The van der Waals surface area contributed by atoms with Crippen molar-refractivity contribution in [1.82, 2.24) is 30.2 Å². The summed E-state index contributed by atoms with van der Waals surface area (Å²) >= 11 is 0. The molecule has 2 aromatic heterocycles. The van der Waals surface area contributed by atoms with Crippen LogP contribution in [0, 0.1) is 5.92 Å². The zero-order valence-electron chi connectivity index (χ0n) is 25.7. The van der Waals surface area contributed by atoms with Crippen molar-refractivity contribution in [2.45, 2.75) is 45.2 Å². The Morgan fingerprint density at radius 1 is 1.02 bits per heavy atom. The van der Waals surface area contributed by atoms with Crippen LogP contribution in [0.3, 0.4) is 0 Å². The number of hydrogen-bond donors (Lipinski definition) is 3. The van der Waals surface area contributed by atoms with Crippen LogP contribution < -0.4 is 10.6 Å². The van der Waals surface area contributed by atoms with Crippen LogP contribution >= 0.6 is 0 Å². The quantitative estimate of drug-likeness (QED) is 0.178. The van der Waals surface area contributed by atoms with E-state index < -0.39 is 12.1 Å². The molecule has 0 spiro atoms. The van der Waals surface area contributed by atoms with Crippen molar-refractivity contribution in [2.75, 3.05) is 19.0 Å². The van der Waals surface area contributed by atoms with Crippen molar-refractivity contribution in [3.63, 3.8) is 0 Å². The Bertz CT molecular complexity index is 1800. The van der Waals surface area contributed by atoms with E-state index in [1.165, 1.54) is 12.7 Å². The Balaban J connectivity index is 1.22. The number of nitrogens with zero attached hydrogens (tertiary/aromatic N) is 4. The molecule has 1 aliphatic rings. The van der Waals surface area contributed by atoms with Gasteiger partial charge in [-0.1, -0.05) is 62.4 Å². The highest BCUT2D eigenvalue weighted by Gasteiger charge is 2.37. The fourth-order valence-corrected chi connectivity index (χ4v) is 5.98. The number of carbonyl (C=O) groups excluding carboxylic acids is 2. The van der Waals surface area contributed by atoms with Gasteiger partial charge in [0.15, 0.2) is 0 Å². The molecule has 6 rings (SSSR count). The molecule has 2 atom stereocenters. The molecule has 1 aliphatic heterocycles. The predicted octanol–water partition coefficient (Wildman–Crippen LogP) is 6.40. The molecule has 0 radical (unpaired) electrons. The SMILES string of the molecule is COC(=O)NC(C(=O)N1CCCC1c1ncc(-c2ccc3c(Cc4cncnc4Nc4ccccc4)cccc3c2)[nH]1)C(C)C. The average Bonchev–Trinajstić information content (AvgIpc) is 3.75. The van der Waals surface area contributed by atoms with Crippen molar-refractivity contribution >= 4 is 34.3 Å². The number of methoxy groups -OCH3 is 1. The Hall–Kier alpha value is -5.25. The predicted molar refractivity (Wildman–Crippen MR) is 174 cm³/mol. The van der Waals surface area contributed by atoms with Crippen molar-refractivity contribution in [1.29, 1.82) is 0 Å². The van der Waals surface area contributed by atoms with Gasteiger partial charge in [-0.3, -0.25) is 4.79 Å². The highest BCUT2D eigenvalue weighted by Crippen LogP contribution is 2.34. The lowest BCUT2D eigenvalue weighted by Gasteiger charge is -2.30. The van der Waals surface area contributed by atoms with Crippen LogP contribution in [0.4, 0.5) is 16.3 Å². The van der Waals surface area contributed by atoms with E-state index in [-0.39, 0.29) is 17.9 Å². The molecule has 0 bridgehead atoms. The van der Waals surface area contributed by atoms with Crippen LogP contribution in [-0.4, -0.2) is 56.5 Å². The van der Waals surface area contributed by atoms with E-state index in [2.05, 4.69) is 62.0 Å². The minimum Gasteiger partial charge on any atom is -0.453 e. The number of rotatable bonds is 9. The third kappa shape index (κ3) is 6.50. The summed E-state index contributed by atoms with van der Waals surface area (Å²) in [5.74, 6) is 1.32. The zero-order valence-corrected chi connectivity index (χ0v) is 25.7. The molecular formula is C35H37N7O3. The maximum atomic E-state index is 13.5. The molecule has 230 valence electrons. The van der Waals surface area contributed by atoms with E-state index in [1.807, 2.05) is 61.5 Å². The van der Waals surface area contributed by atoms with Crippen LogP contribution in [0.15, 0.2) is 85.5 Å². The number of carbonyl (C=O) groups is 2. The van der Waals surface area contributed by atoms with Crippen molar-refractivity contribution in [2.24, 2.45) is 5.92 Å². The Kier molecular flexibility index (Phi) is 8.72. The van der Waals surface area contributed by atoms with Gasteiger partial charge in [-0.05, 0) is 53.3 Å². The number of benzene rings is 3. The summed E-state index contributed by atoms with van der Waals surface area (Å²) in [5, 5.41) is 8.39. The molecule has 3 N–H and O–H groups in total. The summed E-state index contributed by atoms with van der Waals surface area (Å²) in [7, 11) is 1.30. The topological polar surface area (TPSA) is 125 Å². The van der Waals surface area contributed by atoms with Crippen molar-refractivity contribution in [3.8, 4) is 11.3 Å². The minimum absolute atomic E-state index is 0.0892. The van der Waals surface area contributed by atoms with Gasteiger partial charge < -0.3 is 25.3 Å². The summed E-state index contributed by atoms with van der Waals surface area (Å²) in [6.07, 6.45) is 6.98. The lowest BCUT2D eigenvalue weighted by molar-refractivity contribution is -0.135. The molecular weight excluding hydrogens is 566 g/mol. The Morgan fingerprint density at radius 3 is 2.67 bits per heavy atom. The maximum absolute atomic E-state index is 13.5. The molecule has 3 aromatic carbocycles. The fraction of sp³-hybridized carbons (Fsp3) is 0.286. The molecule has 5 aromatic rings. The number of aromatic nitrogens is 4. The molecule has 2 unspecified atom stereocenters. The lowest BCUT2D eigenvalue weighted by atomic mass is 9.97. The smallest absolute Gasteiger partial charge is 0.407 e. The summed E-state index contributed by atoms with van der Waals surface area (Å²) in [6.45, 7) is 4.43. The lowest BCUT2D eigenvalue weighted by Crippen LogP contribution is -2.51. The second-order valence-corrected chi connectivity index (χ2v) is 11.6. The van der Waals surface area contributed by atoms with Gasteiger partial charge >= 0.3 is 6.09 Å². The molecule has 45 heavy (non-hydrogen) atoms. The van der Waals surface area contributed by atoms with Crippen molar-refractivity contribution < 1.29 is 14.3 Å². The van der Waals surface area contributed by atoms with E-state index in [9.17, 15) is 9.59 Å². The first-order chi connectivity index (χ1) is 21.9. The van der Waals surface area contributed by atoms with E-state index in [1.54, 1.807) is 6.33 Å². The number of anilines is 2. The summed E-state index contributed by atoms with van der Waals surface area (Å²) in [6, 6.07) is 21.9. The molecule has 3 heterocycles. The molecule has 0 aliphatic carbocycles. The van der Waals surface area contributed by atoms with Crippen LogP contribution in [0.1, 0.15) is 49.7 Å². The Morgan fingerprint density at radius 2 is 1.87 bits per heavy atom. The number of nitrogens with one attached hydrogen (secondary N) is 3. The number of aromatic amines is 1. The number of para-hydroxylation sites is 1. The number of H-pyrrole nitrogens is 1. The van der Waals surface area contributed by atoms with E-state index in [0.717, 1.165) is 57.8 Å². The number of imidazole rings is 1. The van der Waals surface area contributed by atoms with Gasteiger partial charge in [0.25, 0.3) is 0 Å². The minimum atomic E-state index is -0.671. The fourth-order valence-electron chi connectivity index (χ4n) is 5.98. The maximum Gasteiger partial charge on any atom is 0.407 e. The van der Waals surface area contributed by atoms with Gasteiger partial charge in [0, 0.05) is 36.0 Å². The first kappa shape index (κ1) is 29.8. The van der Waals surface area contributed by atoms with Gasteiger partial charge in [-0.15, -0.1) is 0 Å². The van der Waals surface area contributed by atoms with E-state index >= 15 is 0 Å². The van der Waals surface area contributed by atoms with Gasteiger partial charge in [0.05, 0.1) is 25.0 Å². The first-order valence-electron chi connectivity index (χ1n) is 15.2. The third-order valence-corrected chi connectivity index (χ3v) is 8.33. The van der Waals surface area contributed by atoms with Crippen LogP contribution in [0.2, 0.25) is 0 Å². The van der Waals surface area contributed by atoms with E-state index in [0.29, 0.717) is 13.0 Å². The normalized spacial score (nSPS) is 15.3. The van der Waals surface area contributed by atoms with Crippen molar-refractivity contribution in [3.05, 3.63) is 102 Å². The van der Waals surface area contributed by atoms with Gasteiger partial charge in [-0.2, -0.15) is 0 Å². The first-order valence-corrected chi connectivity index (χ1v) is 15.2. The van der Waals surface area contributed by atoms with Gasteiger partial charge in [0.2, 0.25) is 5.91 Å². The number of hydrogen-bond acceptors (Lipinski definition) is 7. The highest BCUT2D eigenvalue weighted by atomic mass is 16.5. The van der Waals surface area contributed by atoms with Crippen LogP contribution in [0.25, 0.3) is 22.0 Å². The highest BCUT2D eigenvalue weighted by molar-refractivity contribution is 5.90. The largest absolute Gasteiger partial charge is 0.453 e. The standard InChI is InChI=1S/C35H37N7O3/c1-22(2)31(41-35(44)45-3)34(43)42-16-8-13-30(42)33-37-20-29(40-33)25-14-15-28-23(17-25)9-7-10-24(28)18-26-19-36-21-38-32(26)39-27-11-5-4-6-12-27/h4-7,9-12,14-15,17,19-22,30-31H,8,13,16,18H2,1-3H3,(H,37,40)(H,41,44)(H,36,38,39). The monoisotopic (exact) mass is 603 g/mol. The van der Waals surface area contributed by atoms with Gasteiger partial charge in [-0.25, -0.2) is 19.7 Å². The molecule has 10 heteroatoms. The number of alkyl carbamates (subject to hydrolysis) is 1. The second-order valence-electron chi connectivity index (χ2n) is 11.6. The summed E-state index contributed by atoms with van der Waals surface area (Å²) in [5.41, 5.74) is 5.05. The van der Waals surface area contributed by atoms with Crippen LogP contribution in [-0.2, 0) is 16.0 Å². The molecule has 1 saturated heterocycles. The average molecular weight is 604 g/mol. The van der Waals surface area contributed by atoms with Crippen LogP contribution in [0.5, 0.6) is 0 Å². The van der Waals surface area contributed by atoms with E-state index in [4.69, 9.17) is 9.72 Å². The third-order valence-electron chi connectivity index (χ3n) is 8.33. The zero-order chi connectivity index (χ0) is 31.3. The van der Waals surface area contributed by atoms with Gasteiger partial charge in [0.1, 0.15) is 24.0 Å². The number of ether oxygens (including phenoxy) is 1. The molecule has 2 amide bonds. The number of amides is 2. The molecule has 10 nitrogen and oxygen atoms in total. The number of fused-ring (bicyclic) bond motifs is 1. The second kappa shape index (κ2) is 13.2. The Labute approximate surface area is 262 Å². The molecule has 1 fully saturated rings. The molecule has 0 saturated carbocycles. The number of likely N-dealkylation sites (tertiary alicyclic amines) is 1. The summed E-state index contributed by atoms with van der Waals surface area (Å²) in [4.78, 5) is 44.2. The summed E-state index contributed by atoms with van der Waals surface area (Å²) < 4.78 is 4.75.